The Kier molecular flexibility index (Phi) is 4.70. The summed E-state index contributed by atoms with van der Waals surface area (Å²) >= 11 is 0. The second-order valence-corrected chi connectivity index (χ2v) is 5.63. The van der Waals surface area contributed by atoms with Crippen LogP contribution in [0, 0.1) is 0 Å². The Hall–Kier alpha value is -2.89. The number of carbonyl (C=O) groups is 1. The van der Waals surface area contributed by atoms with E-state index in [-0.39, 0.29) is 6.42 Å². The van der Waals surface area contributed by atoms with Gasteiger partial charge in [-0.05, 0) is 17.7 Å². The average Bonchev–Trinajstić information content (AvgIpc) is 2.61. The van der Waals surface area contributed by atoms with Gasteiger partial charge in [-0.25, -0.2) is 0 Å². The summed E-state index contributed by atoms with van der Waals surface area (Å²) in [6, 6.07) is 18.9. The van der Waals surface area contributed by atoms with Gasteiger partial charge in [0.1, 0.15) is 0 Å². The quantitative estimate of drug-likeness (QED) is 0.771. The molecule has 1 atom stereocenters. The van der Waals surface area contributed by atoms with Gasteiger partial charge in [-0.15, -0.1) is 0 Å². The van der Waals surface area contributed by atoms with Crippen molar-refractivity contribution in [1.82, 2.24) is 10.3 Å². The van der Waals surface area contributed by atoms with Crippen molar-refractivity contribution in [2.45, 2.75) is 18.6 Å². The zero-order valence-corrected chi connectivity index (χ0v) is 13.1. The molecule has 0 aliphatic heterocycles. The second kappa shape index (κ2) is 6.93. The Morgan fingerprint density at radius 2 is 1.64 bits per heavy atom. The van der Waals surface area contributed by atoms with E-state index in [4.69, 9.17) is 0 Å². The summed E-state index contributed by atoms with van der Waals surface area (Å²) in [5.74, 6) is -1.96. The number of nitrogens with zero attached hydrogens (tertiary/aromatic N) is 1. The topological polar surface area (TPSA) is 42.0 Å². The van der Waals surface area contributed by atoms with Crippen LogP contribution in [0.3, 0.4) is 0 Å². The number of hydrogen-bond acceptors (Lipinski definition) is 2. The molecule has 0 bridgehead atoms. The molecule has 2 aromatic carbocycles. The number of rotatable bonds is 4. The molecule has 0 saturated heterocycles. The van der Waals surface area contributed by atoms with Crippen molar-refractivity contribution in [1.29, 1.82) is 0 Å². The van der Waals surface area contributed by atoms with E-state index < -0.39 is 18.1 Å². The van der Waals surface area contributed by atoms with Crippen LogP contribution in [0.25, 0.3) is 10.9 Å². The summed E-state index contributed by atoms with van der Waals surface area (Å²) < 4.78 is 37.9. The highest BCUT2D eigenvalue weighted by molar-refractivity contribution is 5.82. The Bertz CT molecular complexity index is 878. The molecule has 0 fully saturated rings. The molecule has 3 nitrogen and oxygen atoms in total. The first-order chi connectivity index (χ1) is 11.9. The summed E-state index contributed by atoms with van der Waals surface area (Å²) in [7, 11) is 0. The van der Waals surface area contributed by atoms with Gasteiger partial charge in [-0.1, -0.05) is 54.6 Å². The van der Waals surface area contributed by atoms with Gasteiger partial charge in [-0.3, -0.25) is 9.78 Å². The molecular weight excluding hydrogens is 329 g/mol. The van der Waals surface area contributed by atoms with Crippen LogP contribution >= 0.6 is 0 Å². The van der Waals surface area contributed by atoms with Crippen LogP contribution in [0.15, 0.2) is 66.7 Å². The lowest BCUT2D eigenvalue weighted by molar-refractivity contribution is -0.174. The fourth-order valence-corrected chi connectivity index (χ4v) is 2.61. The van der Waals surface area contributed by atoms with Crippen molar-refractivity contribution in [2.75, 3.05) is 0 Å². The van der Waals surface area contributed by atoms with Crippen LogP contribution < -0.4 is 5.32 Å². The summed E-state index contributed by atoms with van der Waals surface area (Å²) in [4.78, 5) is 15.9. The van der Waals surface area contributed by atoms with Gasteiger partial charge in [0.25, 0.3) is 0 Å². The van der Waals surface area contributed by atoms with Gasteiger partial charge in [0.2, 0.25) is 0 Å². The maximum Gasteiger partial charge on any atom is 0.471 e. The van der Waals surface area contributed by atoms with E-state index in [1.54, 1.807) is 36.4 Å². The molecule has 1 aromatic heterocycles. The molecule has 3 rings (SSSR count). The first-order valence-corrected chi connectivity index (χ1v) is 7.71. The van der Waals surface area contributed by atoms with Crippen molar-refractivity contribution in [3.8, 4) is 0 Å². The Morgan fingerprint density at radius 1 is 0.960 bits per heavy atom. The zero-order valence-electron chi connectivity index (χ0n) is 13.1. The predicted octanol–water partition coefficient (Wildman–Crippen LogP) is 4.20. The van der Waals surface area contributed by atoms with Crippen LogP contribution in [-0.4, -0.2) is 17.1 Å². The fourth-order valence-electron chi connectivity index (χ4n) is 2.61. The first kappa shape index (κ1) is 17.0. The third-order valence-corrected chi connectivity index (χ3v) is 3.83. The van der Waals surface area contributed by atoms with Crippen molar-refractivity contribution in [3.63, 3.8) is 0 Å². The van der Waals surface area contributed by atoms with Gasteiger partial charge in [0, 0.05) is 17.5 Å². The van der Waals surface area contributed by atoms with E-state index in [2.05, 4.69) is 10.3 Å². The minimum absolute atomic E-state index is 0.163. The molecule has 25 heavy (non-hydrogen) atoms. The monoisotopic (exact) mass is 344 g/mol. The lowest BCUT2D eigenvalue weighted by Crippen LogP contribution is -2.39. The SMILES string of the molecule is O=C(N[C@H](Cc1ccc2ccccc2n1)c1ccccc1)C(F)(F)F. The highest BCUT2D eigenvalue weighted by atomic mass is 19.4. The molecule has 0 unspecified atom stereocenters. The second-order valence-electron chi connectivity index (χ2n) is 5.63. The molecule has 0 radical (unpaired) electrons. The van der Waals surface area contributed by atoms with E-state index >= 15 is 0 Å². The van der Waals surface area contributed by atoms with Crippen LogP contribution in [0.4, 0.5) is 13.2 Å². The van der Waals surface area contributed by atoms with Crippen LogP contribution in [-0.2, 0) is 11.2 Å². The van der Waals surface area contributed by atoms with Crippen LogP contribution in [0.5, 0.6) is 0 Å². The van der Waals surface area contributed by atoms with Crippen molar-refractivity contribution >= 4 is 16.8 Å². The van der Waals surface area contributed by atoms with Crippen molar-refractivity contribution < 1.29 is 18.0 Å². The fraction of sp³-hybridized carbons (Fsp3) is 0.158. The van der Waals surface area contributed by atoms with E-state index in [9.17, 15) is 18.0 Å². The Labute approximate surface area is 142 Å². The Balaban J connectivity index is 1.89. The molecule has 0 aliphatic rings. The number of benzene rings is 2. The standard InChI is InChI=1S/C19H15F3N2O/c20-19(21,22)18(25)24-17(13-6-2-1-3-7-13)12-15-11-10-14-8-4-5-9-16(14)23-15/h1-11,17H,12H2,(H,24,25)/t17-/m1/s1. The average molecular weight is 344 g/mol. The molecule has 3 aromatic rings. The van der Waals surface area contributed by atoms with E-state index in [0.717, 1.165) is 10.9 Å². The summed E-state index contributed by atoms with van der Waals surface area (Å²) in [6.07, 6.45) is -4.76. The molecule has 1 amide bonds. The minimum atomic E-state index is -4.93. The molecule has 128 valence electrons. The maximum absolute atomic E-state index is 12.6. The van der Waals surface area contributed by atoms with E-state index in [0.29, 0.717) is 11.3 Å². The first-order valence-electron chi connectivity index (χ1n) is 7.71. The third kappa shape index (κ3) is 4.15. The molecule has 0 aliphatic carbocycles. The predicted molar refractivity (Wildman–Crippen MR) is 88.8 cm³/mol. The minimum Gasteiger partial charge on any atom is -0.341 e. The van der Waals surface area contributed by atoms with Gasteiger partial charge in [0.15, 0.2) is 0 Å². The highest BCUT2D eigenvalue weighted by Crippen LogP contribution is 2.22. The van der Waals surface area contributed by atoms with Gasteiger partial charge in [0.05, 0.1) is 11.6 Å². The van der Waals surface area contributed by atoms with Crippen LogP contribution in [0.1, 0.15) is 17.3 Å². The summed E-state index contributed by atoms with van der Waals surface area (Å²) in [6.45, 7) is 0. The lowest BCUT2D eigenvalue weighted by atomic mass is 10.0. The number of alkyl halides is 3. The lowest BCUT2D eigenvalue weighted by Gasteiger charge is -2.20. The zero-order chi connectivity index (χ0) is 17.9. The van der Waals surface area contributed by atoms with Gasteiger partial charge < -0.3 is 5.32 Å². The van der Waals surface area contributed by atoms with Gasteiger partial charge in [-0.2, -0.15) is 13.2 Å². The number of amides is 1. The molecule has 6 heteroatoms. The van der Waals surface area contributed by atoms with Crippen molar-refractivity contribution in [2.24, 2.45) is 0 Å². The van der Waals surface area contributed by atoms with Crippen LogP contribution in [0.2, 0.25) is 0 Å². The number of nitrogens with one attached hydrogen (secondary N) is 1. The van der Waals surface area contributed by atoms with E-state index in [1.807, 2.05) is 30.3 Å². The molecule has 0 spiro atoms. The number of carbonyl (C=O) groups excluding carboxylic acids is 1. The maximum atomic E-state index is 12.6. The van der Waals surface area contributed by atoms with Gasteiger partial charge >= 0.3 is 12.1 Å². The summed E-state index contributed by atoms with van der Waals surface area (Å²) in [5, 5.41) is 3.01. The molecule has 0 saturated carbocycles. The number of para-hydroxylation sites is 1. The Morgan fingerprint density at radius 3 is 2.36 bits per heavy atom. The highest BCUT2D eigenvalue weighted by Gasteiger charge is 2.39. The largest absolute Gasteiger partial charge is 0.471 e. The molecule has 1 N–H and O–H groups in total. The number of pyridine rings is 1. The smallest absolute Gasteiger partial charge is 0.341 e. The number of fused-ring (bicyclic) bond motifs is 1. The molecule has 1 heterocycles. The number of hydrogen-bond donors (Lipinski definition) is 1. The molecular formula is C19H15F3N2O. The number of halogens is 3. The summed E-state index contributed by atoms with van der Waals surface area (Å²) in [5.41, 5.74) is 1.96. The third-order valence-electron chi connectivity index (χ3n) is 3.83. The normalized spacial score (nSPS) is 12.8. The van der Waals surface area contributed by atoms with Crippen molar-refractivity contribution in [3.05, 3.63) is 78.0 Å². The number of aromatic nitrogens is 1. The van der Waals surface area contributed by atoms with E-state index in [1.165, 1.54) is 0 Å².